The minimum absolute atomic E-state index is 0.0174. The van der Waals surface area contributed by atoms with E-state index in [0.717, 1.165) is 5.57 Å². The van der Waals surface area contributed by atoms with Crippen LogP contribution >= 0.6 is 0 Å². The van der Waals surface area contributed by atoms with E-state index in [1.807, 2.05) is 6.92 Å². The van der Waals surface area contributed by atoms with Crippen LogP contribution in [0.2, 0.25) is 0 Å². The zero-order valence-electron chi connectivity index (χ0n) is 7.64. The largest absolute Gasteiger partial charge is 0.386 e. The number of hydrogen-bond acceptors (Lipinski definition) is 2. The number of carbonyl (C=O) groups excluding carboxylic acids is 1. The molecule has 0 bridgehead atoms. The van der Waals surface area contributed by atoms with Crippen LogP contribution in [0.1, 0.15) is 34.1 Å². The maximum Gasteiger partial charge on any atom is 0.152 e. The van der Waals surface area contributed by atoms with Crippen molar-refractivity contribution in [2.24, 2.45) is 0 Å². The van der Waals surface area contributed by atoms with Crippen molar-refractivity contribution in [2.75, 3.05) is 0 Å². The predicted octanol–water partition coefficient (Wildman–Crippen LogP) is 1.68. The van der Waals surface area contributed by atoms with Crippen LogP contribution in [-0.4, -0.2) is 16.5 Å². The summed E-state index contributed by atoms with van der Waals surface area (Å²) in [6, 6.07) is 0. The summed E-state index contributed by atoms with van der Waals surface area (Å²) in [6.45, 7) is 6.85. The number of rotatable bonds is 3. The quantitative estimate of drug-likeness (QED) is 0.631. The Hall–Kier alpha value is -0.630. The first-order chi connectivity index (χ1) is 4.90. The van der Waals surface area contributed by atoms with E-state index in [1.54, 1.807) is 13.8 Å². The van der Waals surface area contributed by atoms with Crippen LogP contribution in [0.25, 0.3) is 0 Å². The summed E-state index contributed by atoms with van der Waals surface area (Å²) < 4.78 is 0. The van der Waals surface area contributed by atoms with Crippen molar-refractivity contribution in [3.63, 3.8) is 0 Å². The van der Waals surface area contributed by atoms with Crippen LogP contribution in [0.15, 0.2) is 11.6 Å². The molecule has 0 rings (SSSR count). The van der Waals surface area contributed by atoms with Gasteiger partial charge in [-0.3, -0.25) is 4.79 Å². The molecule has 0 radical (unpaired) electrons. The Morgan fingerprint density at radius 2 is 2.00 bits per heavy atom. The maximum absolute atomic E-state index is 10.6. The van der Waals surface area contributed by atoms with Crippen LogP contribution in [0.5, 0.6) is 0 Å². The molecule has 11 heavy (non-hydrogen) atoms. The summed E-state index contributed by atoms with van der Waals surface area (Å²) >= 11 is 0. The molecule has 1 atom stereocenters. The molecule has 1 unspecified atom stereocenters. The highest BCUT2D eigenvalue weighted by atomic mass is 16.3. The number of hydrogen-bond donors (Lipinski definition) is 1. The van der Waals surface area contributed by atoms with Gasteiger partial charge in [-0.15, -0.1) is 0 Å². The molecule has 1 N–H and O–H groups in total. The summed E-state index contributed by atoms with van der Waals surface area (Å²) in [7, 11) is 0. The summed E-state index contributed by atoms with van der Waals surface area (Å²) in [5.74, 6) is -0.0174. The van der Waals surface area contributed by atoms with Crippen molar-refractivity contribution >= 4 is 5.78 Å². The van der Waals surface area contributed by atoms with E-state index in [4.69, 9.17) is 0 Å². The van der Waals surface area contributed by atoms with Gasteiger partial charge in [0.15, 0.2) is 5.78 Å². The standard InChI is InChI=1S/C9H16O2/c1-5-9(4,11)7(2)6-8(3)10/h6,11H,5H2,1-4H3/b7-6+. The molecule has 0 saturated heterocycles. The fourth-order valence-corrected chi connectivity index (χ4v) is 0.739. The molecule has 0 saturated carbocycles. The van der Waals surface area contributed by atoms with Crippen molar-refractivity contribution in [3.05, 3.63) is 11.6 Å². The molecule has 2 heteroatoms. The second-order valence-corrected chi connectivity index (χ2v) is 3.07. The summed E-state index contributed by atoms with van der Waals surface area (Å²) in [5.41, 5.74) is -0.0985. The van der Waals surface area contributed by atoms with Gasteiger partial charge in [0, 0.05) is 0 Å². The molecule has 0 aromatic carbocycles. The highest BCUT2D eigenvalue weighted by Crippen LogP contribution is 2.18. The molecule has 0 amide bonds. The van der Waals surface area contributed by atoms with Gasteiger partial charge in [-0.05, 0) is 38.8 Å². The Balaban J connectivity index is 4.46. The number of aliphatic hydroxyl groups is 1. The highest BCUT2D eigenvalue weighted by Gasteiger charge is 2.19. The molecule has 0 aliphatic heterocycles. The smallest absolute Gasteiger partial charge is 0.152 e. The fraction of sp³-hybridized carbons (Fsp3) is 0.667. The van der Waals surface area contributed by atoms with E-state index in [9.17, 15) is 9.90 Å². The topological polar surface area (TPSA) is 37.3 Å². The number of allylic oxidation sites excluding steroid dienone is 1. The monoisotopic (exact) mass is 156 g/mol. The van der Waals surface area contributed by atoms with Crippen molar-refractivity contribution in [3.8, 4) is 0 Å². The second-order valence-electron chi connectivity index (χ2n) is 3.07. The van der Waals surface area contributed by atoms with Crippen molar-refractivity contribution < 1.29 is 9.90 Å². The van der Waals surface area contributed by atoms with Crippen LogP contribution in [0, 0.1) is 0 Å². The summed E-state index contributed by atoms with van der Waals surface area (Å²) in [5, 5.41) is 9.62. The van der Waals surface area contributed by atoms with E-state index < -0.39 is 5.60 Å². The van der Waals surface area contributed by atoms with Gasteiger partial charge in [0.2, 0.25) is 0 Å². The third-order valence-corrected chi connectivity index (χ3v) is 1.96. The third-order valence-electron chi connectivity index (χ3n) is 1.96. The molecule has 0 aromatic rings. The summed E-state index contributed by atoms with van der Waals surface area (Å²) in [6.07, 6.45) is 2.10. The van der Waals surface area contributed by atoms with Gasteiger partial charge in [0.05, 0.1) is 5.60 Å². The van der Waals surface area contributed by atoms with Gasteiger partial charge >= 0.3 is 0 Å². The molecule has 2 nitrogen and oxygen atoms in total. The lowest BCUT2D eigenvalue weighted by atomic mass is 9.93. The Morgan fingerprint density at radius 1 is 1.55 bits per heavy atom. The second kappa shape index (κ2) is 3.67. The molecule has 0 aliphatic carbocycles. The SMILES string of the molecule is CCC(C)(O)/C(C)=C/C(C)=O. The first kappa shape index (κ1) is 10.4. The van der Waals surface area contributed by atoms with E-state index in [-0.39, 0.29) is 5.78 Å². The Morgan fingerprint density at radius 3 is 2.27 bits per heavy atom. The minimum Gasteiger partial charge on any atom is -0.386 e. The van der Waals surface area contributed by atoms with E-state index in [0.29, 0.717) is 6.42 Å². The predicted molar refractivity (Wildman–Crippen MR) is 45.4 cm³/mol. The van der Waals surface area contributed by atoms with Crippen molar-refractivity contribution in [1.82, 2.24) is 0 Å². The average Bonchev–Trinajstić information content (AvgIpc) is 1.86. The molecule has 0 fully saturated rings. The zero-order valence-corrected chi connectivity index (χ0v) is 7.64. The molecule has 0 aromatic heterocycles. The fourth-order valence-electron chi connectivity index (χ4n) is 0.739. The van der Waals surface area contributed by atoms with E-state index >= 15 is 0 Å². The van der Waals surface area contributed by atoms with E-state index in [1.165, 1.54) is 13.0 Å². The minimum atomic E-state index is -0.828. The van der Waals surface area contributed by atoms with Crippen LogP contribution in [0.3, 0.4) is 0 Å². The summed E-state index contributed by atoms with van der Waals surface area (Å²) in [4.78, 5) is 10.6. The molecule has 64 valence electrons. The van der Waals surface area contributed by atoms with Gasteiger partial charge in [0.1, 0.15) is 0 Å². The van der Waals surface area contributed by atoms with Gasteiger partial charge in [-0.2, -0.15) is 0 Å². The van der Waals surface area contributed by atoms with Crippen LogP contribution in [0.4, 0.5) is 0 Å². The van der Waals surface area contributed by atoms with E-state index in [2.05, 4.69) is 0 Å². The first-order valence-corrected chi connectivity index (χ1v) is 3.82. The Kier molecular flexibility index (Phi) is 3.46. The molecule has 0 heterocycles. The lowest BCUT2D eigenvalue weighted by Crippen LogP contribution is -2.24. The average molecular weight is 156 g/mol. The molecule has 0 aliphatic rings. The Bertz CT molecular complexity index is 178. The molecule has 0 spiro atoms. The zero-order chi connectivity index (χ0) is 9.07. The van der Waals surface area contributed by atoms with Crippen molar-refractivity contribution in [1.29, 1.82) is 0 Å². The molecular formula is C9H16O2. The van der Waals surface area contributed by atoms with Gasteiger partial charge in [0.25, 0.3) is 0 Å². The maximum atomic E-state index is 10.6. The molecular weight excluding hydrogens is 140 g/mol. The lowest BCUT2D eigenvalue weighted by Gasteiger charge is -2.21. The van der Waals surface area contributed by atoms with Crippen molar-refractivity contribution in [2.45, 2.75) is 39.7 Å². The third kappa shape index (κ3) is 3.33. The van der Waals surface area contributed by atoms with Gasteiger partial charge < -0.3 is 5.11 Å². The van der Waals surface area contributed by atoms with Gasteiger partial charge in [-0.1, -0.05) is 6.92 Å². The first-order valence-electron chi connectivity index (χ1n) is 3.82. The normalized spacial score (nSPS) is 17.7. The van der Waals surface area contributed by atoms with Crippen LogP contribution in [-0.2, 0) is 4.79 Å². The number of ketones is 1. The number of carbonyl (C=O) groups is 1. The lowest BCUT2D eigenvalue weighted by molar-refractivity contribution is -0.112. The highest BCUT2D eigenvalue weighted by molar-refractivity contribution is 5.88. The van der Waals surface area contributed by atoms with Crippen LogP contribution < -0.4 is 0 Å². The Labute approximate surface area is 67.9 Å². The van der Waals surface area contributed by atoms with Gasteiger partial charge in [-0.25, -0.2) is 0 Å².